The van der Waals surface area contributed by atoms with Crippen LogP contribution in [0.5, 0.6) is 0 Å². The molecule has 2 N–H and O–H groups in total. The van der Waals surface area contributed by atoms with Crippen LogP contribution in [0.4, 0.5) is 5.69 Å². The van der Waals surface area contributed by atoms with E-state index in [1.807, 2.05) is 32.0 Å². The summed E-state index contributed by atoms with van der Waals surface area (Å²) < 4.78 is 1.58. The van der Waals surface area contributed by atoms with Crippen LogP contribution in [-0.2, 0) is 11.3 Å². The molecule has 0 aliphatic rings. The van der Waals surface area contributed by atoms with E-state index in [2.05, 4.69) is 22.4 Å². The van der Waals surface area contributed by atoms with Crippen molar-refractivity contribution in [2.45, 2.75) is 45.3 Å². The number of rotatable bonds is 7. The maximum Gasteiger partial charge on any atom is 0.343 e. The maximum atomic E-state index is 12.1. The molecule has 1 amide bonds. The molecule has 0 bridgehead atoms. The summed E-state index contributed by atoms with van der Waals surface area (Å²) in [6, 6.07) is 5.94. The molecule has 0 spiro atoms. The smallest absolute Gasteiger partial charge is 0.325 e. The van der Waals surface area contributed by atoms with E-state index in [1.54, 1.807) is 4.57 Å². The molecule has 124 valence electrons. The van der Waals surface area contributed by atoms with Crippen LogP contribution in [-0.4, -0.2) is 26.4 Å². The van der Waals surface area contributed by atoms with E-state index in [4.69, 9.17) is 0 Å². The lowest BCUT2D eigenvalue weighted by molar-refractivity contribution is -0.113. The monoisotopic (exact) mass is 334 g/mol. The summed E-state index contributed by atoms with van der Waals surface area (Å²) in [6.45, 7) is 6.63. The summed E-state index contributed by atoms with van der Waals surface area (Å²) in [4.78, 5) is 23.8. The van der Waals surface area contributed by atoms with Crippen molar-refractivity contribution >= 4 is 23.4 Å². The van der Waals surface area contributed by atoms with Gasteiger partial charge in [0.25, 0.3) is 0 Å². The molecule has 0 unspecified atom stereocenters. The van der Waals surface area contributed by atoms with Crippen LogP contribution in [0, 0.1) is 13.8 Å². The summed E-state index contributed by atoms with van der Waals surface area (Å²) in [5.41, 5.74) is 2.71. The Kier molecular flexibility index (Phi) is 6.04. The molecule has 0 fully saturated rings. The van der Waals surface area contributed by atoms with E-state index in [-0.39, 0.29) is 17.3 Å². The predicted molar refractivity (Wildman–Crippen MR) is 93.0 cm³/mol. The van der Waals surface area contributed by atoms with Gasteiger partial charge in [-0.05, 0) is 37.5 Å². The highest BCUT2D eigenvalue weighted by molar-refractivity contribution is 7.99. The summed E-state index contributed by atoms with van der Waals surface area (Å²) >= 11 is 1.26. The highest BCUT2D eigenvalue weighted by atomic mass is 32.2. The van der Waals surface area contributed by atoms with Crippen LogP contribution >= 0.6 is 11.8 Å². The van der Waals surface area contributed by atoms with E-state index >= 15 is 0 Å². The highest BCUT2D eigenvalue weighted by Crippen LogP contribution is 2.18. The first-order valence-electron chi connectivity index (χ1n) is 7.66. The van der Waals surface area contributed by atoms with Crippen molar-refractivity contribution in [1.82, 2.24) is 14.8 Å². The number of nitrogens with one attached hydrogen (secondary N) is 2. The largest absolute Gasteiger partial charge is 0.343 e. The Labute approximate surface area is 139 Å². The predicted octanol–water partition coefficient (Wildman–Crippen LogP) is 2.72. The Morgan fingerprint density at radius 2 is 2.17 bits per heavy atom. The minimum Gasteiger partial charge on any atom is -0.325 e. The molecule has 1 heterocycles. The molecule has 0 aliphatic heterocycles. The van der Waals surface area contributed by atoms with Crippen LogP contribution in [0.25, 0.3) is 0 Å². The second-order valence-electron chi connectivity index (χ2n) is 5.47. The molecule has 0 saturated carbocycles. The average Bonchev–Trinajstić information content (AvgIpc) is 2.87. The quantitative estimate of drug-likeness (QED) is 0.763. The second-order valence-corrected chi connectivity index (χ2v) is 6.41. The molecular weight excluding hydrogens is 312 g/mol. The van der Waals surface area contributed by atoms with E-state index < -0.39 is 0 Å². The van der Waals surface area contributed by atoms with Gasteiger partial charge < -0.3 is 5.32 Å². The zero-order chi connectivity index (χ0) is 16.8. The number of aryl methyl sites for hydroxylation is 2. The Morgan fingerprint density at radius 1 is 1.39 bits per heavy atom. The Balaban J connectivity index is 1.97. The molecular formula is C16H22N4O2S. The normalized spacial score (nSPS) is 10.7. The molecule has 6 nitrogen and oxygen atoms in total. The van der Waals surface area contributed by atoms with Gasteiger partial charge in [-0.1, -0.05) is 37.2 Å². The number of aromatic nitrogens is 3. The average molecular weight is 334 g/mol. The van der Waals surface area contributed by atoms with Gasteiger partial charge in [0.15, 0.2) is 5.16 Å². The van der Waals surface area contributed by atoms with Gasteiger partial charge in [-0.15, -0.1) is 5.10 Å². The first kappa shape index (κ1) is 17.3. The lowest BCUT2D eigenvalue weighted by Gasteiger charge is -2.09. The van der Waals surface area contributed by atoms with Gasteiger partial charge in [0.1, 0.15) is 0 Å². The van der Waals surface area contributed by atoms with Gasteiger partial charge in [-0.2, -0.15) is 0 Å². The van der Waals surface area contributed by atoms with E-state index in [1.165, 1.54) is 11.8 Å². The number of amides is 1. The minimum atomic E-state index is -0.226. The van der Waals surface area contributed by atoms with Gasteiger partial charge >= 0.3 is 5.69 Å². The van der Waals surface area contributed by atoms with Gasteiger partial charge in [-0.3, -0.25) is 9.36 Å². The SMILES string of the molecule is CCCCn1c(SCC(=O)Nc2cc(C)ccc2C)n[nH]c1=O. The molecule has 0 atom stereocenters. The van der Waals surface area contributed by atoms with Gasteiger partial charge in [0.05, 0.1) is 5.75 Å². The molecule has 23 heavy (non-hydrogen) atoms. The van der Waals surface area contributed by atoms with Crippen molar-refractivity contribution < 1.29 is 4.79 Å². The number of carbonyl (C=O) groups excluding carboxylic acids is 1. The van der Waals surface area contributed by atoms with Crippen LogP contribution in [0.1, 0.15) is 30.9 Å². The van der Waals surface area contributed by atoms with Crippen LogP contribution in [0.15, 0.2) is 28.2 Å². The number of hydrogen-bond acceptors (Lipinski definition) is 4. The van der Waals surface area contributed by atoms with Crippen molar-refractivity contribution in [2.24, 2.45) is 0 Å². The number of nitrogens with zero attached hydrogens (tertiary/aromatic N) is 2. The summed E-state index contributed by atoms with van der Waals surface area (Å²) in [5, 5.41) is 9.89. The zero-order valence-corrected chi connectivity index (χ0v) is 14.5. The number of anilines is 1. The topological polar surface area (TPSA) is 79.8 Å². The molecule has 2 aromatic rings. The van der Waals surface area contributed by atoms with Crippen molar-refractivity contribution in [3.05, 3.63) is 39.8 Å². The Morgan fingerprint density at radius 3 is 2.91 bits per heavy atom. The Hall–Kier alpha value is -2.02. The molecule has 2 rings (SSSR count). The van der Waals surface area contributed by atoms with Crippen molar-refractivity contribution in [1.29, 1.82) is 0 Å². The van der Waals surface area contributed by atoms with Gasteiger partial charge in [0.2, 0.25) is 5.91 Å². The fraction of sp³-hybridized carbons (Fsp3) is 0.438. The number of carbonyl (C=O) groups is 1. The second kappa shape index (κ2) is 8.01. The summed E-state index contributed by atoms with van der Waals surface area (Å²) in [6.07, 6.45) is 1.90. The van der Waals surface area contributed by atoms with Crippen molar-refractivity contribution in [3.8, 4) is 0 Å². The van der Waals surface area contributed by atoms with E-state index in [9.17, 15) is 9.59 Å². The molecule has 0 radical (unpaired) electrons. The lowest BCUT2D eigenvalue weighted by atomic mass is 10.1. The molecule has 1 aromatic carbocycles. The minimum absolute atomic E-state index is 0.110. The first-order valence-corrected chi connectivity index (χ1v) is 8.65. The van der Waals surface area contributed by atoms with Crippen LogP contribution in [0.3, 0.4) is 0 Å². The summed E-state index contributed by atoms with van der Waals surface area (Å²) in [5.74, 6) is 0.102. The number of H-pyrrole nitrogens is 1. The lowest BCUT2D eigenvalue weighted by Crippen LogP contribution is -2.19. The van der Waals surface area contributed by atoms with E-state index in [0.29, 0.717) is 11.7 Å². The molecule has 7 heteroatoms. The molecule has 0 saturated heterocycles. The number of unbranched alkanes of at least 4 members (excludes halogenated alkanes) is 1. The Bertz CT molecular complexity index is 736. The molecule has 1 aromatic heterocycles. The number of hydrogen-bond donors (Lipinski definition) is 2. The molecule has 0 aliphatic carbocycles. The fourth-order valence-corrected chi connectivity index (χ4v) is 2.89. The van der Waals surface area contributed by atoms with Gasteiger partial charge in [-0.25, -0.2) is 9.89 Å². The fourth-order valence-electron chi connectivity index (χ4n) is 2.11. The van der Waals surface area contributed by atoms with Crippen molar-refractivity contribution in [3.63, 3.8) is 0 Å². The highest BCUT2D eigenvalue weighted by Gasteiger charge is 2.12. The van der Waals surface area contributed by atoms with Crippen LogP contribution in [0.2, 0.25) is 0 Å². The number of benzene rings is 1. The number of thioether (sulfide) groups is 1. The standard InChI is InChI=1S/C16H22N4O2S/c1-4-5-8-20-15(22)18-19-16(20)23-10-14(21)17-13-9-11(2)6-7-12(13)3/h6-7,9H,4-5,8,10H2,1-3H3,(H,17,21)(H,18,22). The van der Waals surface area contributed by atoms with Gasteiger partial charge in [0, 0.05) is 12.2 Å². The summed E-state index contributed by atoms with van der Waals surface area (Å²) in [7, 11) is 0. The third-order valence-electron chi connectivity index (χ3n) is 3.46. The maximum absolute atomic E-state index is 12.1. The number of aromatic amines is 1. The third kappa shape index (κ3) is 4.72. The first-order chi connectivity index (χ1) is 11.0. The zero-order valence-electron chi connectivity index (χ0n) is 13.7. The van der Waals surface area contributed by atoms with Crippen LogP contribution < -0.4 is 11.0 Å². The third-order valence-corrected chi connectivity index (χ3v) is 4.43. The van der Waals surface area contributed by atoms with Crippen molar-refractivity contribution in [2.75, 3.05) is 11.1 Å². The van der Waals surface area contributed by atoms with E-state index in [0.717, 1.165) is 29.7 Å².